The Morgan fingerprint density at radius 2 is 2.28 bits per heavy atom. The van der Waals surface area contributed by atoms with Gasteiger partial charge in [0, 0.05) is 23.7 Å². The first kappa shape index (κ1) is 11.3. The molecule has 4 heteroatoms. The molecular formula is C14H17N3O. The van der Waals surface area contributed by atoms with Crippen molar-refractivity contribution >= 4 is 0 Å². The molecule has 0 radical (unpaired) electrons. The number of aromatic amines is 2. The summed E-state index contributed by atoms with van der Waals surface area (Å²) in [4.78, 5) is 22.9. The second-order valence-electron chi connectivity index (χ2n) is 5.25. The molecule has 2 aromatic rings. The number of imidazole rings is 1. The van der Waals surface area contributed by atoms with Crippen molar-refractivity contribution in [2.45, 2.75) is 33.1 Å². The second-order valence-corrected chi connectivity index (χ2v) is 5.25. The Balaban J connectivity index is 2.05. The predicted octanol–water partition coefficient (Wildman–Crippen LogP) is 2.20. The molecule has 0 spiro atoms. The Morgan fingerprint density at radius 3 is 3.06 bits per heavy atom. The molecule has 0 aromatic carbocycles. The summed E-state index contributed by atoms with van der Waals surface area (Å²) in [6.45, 7) is 4.13. The van der Waals surface area contributed by atoms with Gasteiger partial charge in [0.05, 0.1) is 11.3 Å². The lowest BCUT2D eigenvalue weighted by Gasteiger charge is -2.15. The molecule has 1 atom stereocenters. The summed E-state index contributed by atoms with van der Waals surface area (Å²) in [5.74, 6) is 1.40. The number of nitrogens with zero attached hydrogens (tertiary/aromatic N) is 1. The third kappa shape index (κ3) is 1.88. The van der Waals surface area contributed by atoms with Crippen LogP contribution in [-0.2, 0) is 12.8 Å². The molecule has 0 saturated heterocycles. The summed E-state index contributed by atoms with van der Waals surface area (Å²) < 4.78 is 0. The van der Waals surface area contributed by atoms with Gasteiger partial charge >= 0.3 is 0 Å². The molecule has 94 valence electrons. The maximum Gasteiger partial charge on any atom is 0.192 e. The van der Waals surface area contributed by atoms with Crippen molar-refractivity contribution in [3.8, 4) is 11.4 Å². The Labute approximate surface area is 105 Å². The van der Waals surface area contributed by atoms with Crippen LogP contribution in [0.5, 0.6) is 0 Å². The number of hydrogen-bond donors (Lipinski definition) is 2. The molecule has 0 bridgehead atoms. The van der Waals surface area contributed by atoms with Gasteiger partial charge in [-0.25, -0.2) is 4.98 Å². The smallest absolute Gasteiger partial charge is 0.192 e. The fourth-order valence-corrected chi connectivity index (χ4v) is 2.54. The molecular weight excluding hydrogens is 226 g/mol. The summed E-state index contributed by atoms with van der Waals surface area (Å²) in [5.41, 5.74) is 3.84. The molecule has 4 nitrogen and oxygen atoms in total. The highest BCUT2D eigenvalue weighted by Gasteiger charge is 2.20. The Bertz CT molecular complexity index is 639. The molecule has 0 saturated carbocycles. The summed E-state index contributed by atoms with van der Waals surface area (Å²) in [5, 5.41) is 0. The molecule has 2 N–H and O–H groups in total. The van der Waals surface area contributed by atoms with Crippen molar-refractivity contribution in [3.05, 3.63) is 39.6 Å². The van der Waals surface area contributed by atoms with Crippen LogP contribution in [0.1, 0.15) is 30.4 Å². The average molecular weight is 243 g/mol. The van der Waals surface area contributed by atoms with E-state index in [0.29, 0.717) is 17.3 Å². The van der Waals surface area contributed by atoms with Crippen LogP contribution in [0.4, 0.5) is 0 Å². The van der Waals surface area contributed by atoms with Crippen LogP contribution in [0.15, 0.2) is 17.1 Å². The lowest BCUT2D eigenvalue weighted by Crippen LogP contribution is -2.10. The van der Waals surface area contributed by atoms with Gasteiger partial charge < -0.3 is 9.97 Å². The fourth-order valence-electron chi connectivity index (χ4n) is 2.54. The first-order valence-electron chi connectivity index (χ1n) is 6.41. The predicted molar refractivity (Wildman–Crippen MR) is 70.6 cm³/mol. The van der Waals surface area contributed by atoms with Crippen molar-refractivity contribution in [1.82, 2.24) is 15.0 Å². The van der Waals surface area contributed by atoms with Crippen molar-refractivity contribution in [3.63, 3.8) is 0 Å². The van der Waals surface area contributed by atoms with E-state index in [-0.39, 0.29) is 5.43 Å². The van der Waals surface area contributed by atoms with Gasteiger partial charge in [-0.15, -0.1) is 0 Å². The van der Waals surface area contributed by atoms with E-state index in [1.54, 1.807) is 12.3 Å². The highest BCUT2D eigenvalue weighted by molar-refractivity contribution is 5.54. The zero-order chi connectivity index (χ0) is 12.7. The van der Waals surface area contributed by atoms with Gasteiger partial charge in [-0.05, 0) is 32.1 Å². The van der Waals surface area contributed by atoms with Crippen LogP contribution < -0.4 is 5.43 Å². The van der Waals surface area contributed by atoms with Gasteiger partial charge in [-0.1, -0.05) is 6.92 Å². The Hall–Kier alpha value is -1.84. The molecule has 3 rings (SSSR count). The second kappa shape index (κ2) is 4.12. The Kier molecular flexibility index (Phi) is 2.58. The van der Waals surface area contributed by atoms with Crippen LogP contribution in [-0.4, -0.2) is 15.0 Å². The van der Waals surface area contributed by atoms with Gasteiger partial charge in [-0.3, -0.25) is 4.79 Å². The number of rotatable bonds is 1. The molecule has 0 fully saturated rings. The summed E-state index contributed by atoms with van der Waals surface area (Å²) >= 11 is 0. The zero-order valence-electron chi connectivity index (χ0n) is 10.7. The van der Waals surface area contributed by atoms with Crippen molar-refractivity contribution in [1.29, 1.82) is 0 Å². The molecule has 1 aliphatic rings. The first-order valence-corrected chi connectivity index (χ1v) is 6.41. The van der Waals surface area contributed by atoms with Crippen LogP contribution in [0.2, 0.25) is 0 Å². The number of nitrogens with one attached hydrogen (secondary N) is 2. The van der Waals surface area contributed by atoms with Gasteiger partial charge in [0.1, 0.15) is 5.82 Å². The van der Waals surface area contributed by atoms with E-state index in [1.807, 2.05) is 6.92 Å². The van der Waals surface area contributed by atoms with Gasteiger partial charge in [-0.2, -0.15) is 0 Å². The number of aromatic nitrogens is 3. The SMILES string of the molecule is Cc1cc(=O)c(-c2nc3c([nH]2)CC(C)CC3)c[nH]1. The number of aryl methyl sites for hydroxylation is 2. The molecule has 2 aromatic heterocycles. The first-order chi connectivity index (χ1) is 8.63. The lowest BCUT2D eigenvalue weighted by atomic mass is 9.92. The Morgan fingerprint density at radius 1 is 1.44 bits per heavy atom. The van der Waals surface area contributed by atoms with E-state index < -0.39 is 0 Å². The zero-order valence-corrected chi connectivity index (χ0v) is 10.7. The maximum absolute atomic E-state index is 11.9. The summed E-state index contributed by atoms with van der Waals surface area (Å²) in [6.07, 6.45) is 4.97. The summed E-state index contributed by atoms with van der Waals surface area (Å²) in [6, 6.07) is 1.61. The minimum Gasteiger partial charge on any atom is -0.364 e. The number of pyridine rings is 1. The number of fused-ring (bicyclic) bond motifs is 1. The van der Waals surface area contributed by atoms with E-state index in [9.17, 15) is 4.79 Å². The van der Waals surface area contributed by atoms with E-state index in [1.165, 1.54) is 12.1 Å². The normalized spacial score (nSPS) is 18.7. The van der Waals surface area contributed by atoms with Gasteiger partial charge in [0.2, 0.25) is 0 Å². The van der Waals surface area contributed by atoms with Gasteiger partial charge in [0.15, 0.2) is 5.43 Å². The number of H-pyrrole nitrogens is 2. The quantitative estimate of drug-likeness (QED) is 0.806. The molecule has 0 amide bonds. The standard InChI is InChI=1S/C14H17N3O/c1-8-3-4-11-12(5-8)17-14(16-11)10-7-15-9(2)6-13(10)18/h6-8H,3-5H2,1-2H3,(H,15,18)(H,16,17). The minimum absolute atomic E-state index is 0.0189. The van der Waals surface area contributed by atoms with Crippen LogP contribution >= 0.6 is 0 Å². The molecule has 18 heavy (non-hydrogen) atoms. The largest absolute Gasteiger partial charge is 0.364 e. The maximum atomic E-state index is 11.9. The van der Waals surface area contributed by atoms with Gasteiger partial charge in [0.25, 0.3) is 0 Å². The molecule has 0 aliphatic heterocycles. The van der Waals surface area contributed by atoms with Crippen LogP contribution in [0.3, 0.4) is 0 Å². The molecule has 1 aliphatic carbocycles. The van der Waals surface area contributed by atoms with Crippen LogP contribution in [0.25, 0.3) is 11.4 Å². The lowest BCUT2D eigenvalue weighted by molar-refractivity contribution is 0.492. The average Bonchev–Trinajstić information content (AvgIpc) is 2.71. The minimum atomic E-state index is 0.0189. The van der Waals surface area contributed by atoms with E-state index in [2.05, 4.69) is 21.9 Å². The monoisotopic (exact) mass is 243 g/mol. The third-order valence-electron chi connectivity index (χ3n) is 3.60. The topological polar surface area (TPSA) is 61.5 Å². The van der Waals surface area contributed by atoms with E-state index >= 15 is 0 Å². The van der Waals surface area contributed by atoms with Crippen molar-refractivity contribution in [2.75, 3.05) is 0 Å². The molecule has 1 unspecified atom stereocenters. The third-order valence-corrected chi connectivity index (χ3v) is 3.60. The highest BCUT2D eigenvalue weighted by Crippen LogP contribution is 2.25. The van der Waals surface area contributed by atoms with E-state index in [4.69, 9.17) is 0 Å². The molecule has 2 heterocycles. The fraction of sp³-hybridized carbons (Fsp3) is 0.429. The van der Waals surface area contributed by atoms with Crippen molar-refractivity contribution < 1.29 is 0 Å². The number of hydrogen-bond acceptors (Lipinski definition) is 2. The van der Waals surface area contributed by atoms with Crippen LogP contribution in [0, 0.1) is 12.8 Å². The van der Waals surface area contributed by atoms with Crippen molar-refractivity contribution in [2.24, 2.45) is 5.92 Å². The highest BCUT2D eigenvalue weighted by atomic mass is 16.1. The summed E-state index contributed by atoms with van der Waals surface area (Å²) in [7, 11) is 0. The van der Waals surface area contributed by atoms with E-state index in [0.717, 1.165) is 24.2 Å².